The van der Waals surface area contributed by atoms with Crippen molar-refractivity contribution in [2.45, 2.75) is 67.9 Å². The molecule has 0 unspecified atom stereocenters. The van der Waals surface area contributed by atoms with Gasteiger partial charge in [-0.25, -0.2) is 0 Å². The van der Waals surface area contributed by atoms with Crippen molar-refractivity contribution in [3.8, 4) is 0 Å². The number of hydrogen-bond acceptors (Lipinski definition) is 2. The Kier molecular flexibility index (Phi) is 13.7. The third-order valence-electron chi connectivity index (χ3n) is 4.43. The van der Waals surface area contributed by atoms with E-state index in [1.165, 1.54) is 33.4 Å². The summed E-state index contributed by atoms with van der Waals surface area (Å²) in [6.45, 7) is 20.3. The third kappa shape index (κ3) is 7.35. The maximum atomic E-state index is 8.66. The second-order valence-electron chi connectivity index (χ2n) is 6.32. The Morgan fingerprint density at radius 2 is 1.00 bits per heavy atom. The summed E-state index contributed by atoms with van der Waals surface area (Å²) >= 11 is 0. The van der Waals surface area contributed by atoms with Crippen LogP contribution in [0.4, 0.5) is 0 Å². The van der Waals surface area contributed by atoms with Gasteiger partial charge in [0, 0.05) is 5.54 Å². The predicted octanol–water partition coefficient (Wildman–Crippen LogP) is 4.08. The second kappa shape index (κ2) is 11.3. The van der Waals surface area contributed by atoms with Gasteiger partial charge in [0.1, 0.15) is 0 Å². The first-order chi connectivity index (χ1) is 9.09. The van der Waals surface area contributed by atoms with E-state index in [4.69, 9.17) is 5.11 Å². The Bertz CT molecular complexity index is 348. The van der Waals surface area contributed by atoms with Crippen molar-refractivity contribution in [3.05, 3.63) is 40.8 Å². The predicted molar refractivity (Wildman–Crippen MR) is 97.5 cm³/mol. The van der Waals surface area contributed by atoms with Gasteiger partial charge in [-0.2, -0.15) is 0 Å². The number of nitrogens with one attached hydrogen (secondary N) is 1. The Morgan fingerprint density at radius 1 is 0.773 bits per heavy atom. The molecular formula is C19H37NORu+. The number of likely N-dealkylation sites (N-methyl/N-ethyl adjacent to an activating group) is 1. The fraction of sp³-hybridized carbons (Fsp3) is 0.632. The van der Waals surface area contributed by atoms with Crippen molar-refractivity contribution in [2.24, 2.45) is 0 Å². The zero-order chi connectivity index (χ0) is 16.1. The summed E-state index contributed by atoms with van der Waals surface area (Å²) in [4.78, 5) is 0. The van der Waals surface area contributed by atoms with E-state index in [1.54, 1.807) is 0 Å². The van der Waals surface area contributed by atoms with Gasteiger partial charge in [0.2, 0.25) is 0 Å². The van der Waals surface area contributed by atoms with E-state index in [-0.39, 0.29) is 39.1 Å². The molecule has 0 aliphatic heterocycles. The van der Waals surface area contributed by atoms with Crippen LogP contribution in [0, 0.1) is 49.0 Å². The average molecular weight is 397 g/mol. The van der Waals surface area contributed by atoms with Crippen LogP contribution in [0.3, 0.4) is 0 Å². The molecule has 0 saturated heterocycles. The van der Waals surface area contributed by atoms with Gasteiger partial charge in [-0.3, -0.25) is 0 Å². The molecule has 0 aromatic heterocycles. The van der Waals surface area contributed by atoms with Crippen molar-refractivity contribution in [1.82, 2.24) is 5.32 Å². The second-order valence-corrected chi connectivity index (χ2v) is 6.32. The van der Waals surface area contributed by atoms with Crippen molar-refractivity contribution < 1.29 is 24.6 Å². The fourth-order valence-electron chi connectivity index (χ4n) is 2.22. The quantitative estimate of drug-likeness (QED) is 0.596. The summed E-state index contributed by atoms with van der Waals surface area (Å²) in [7, 11) is 0. The maximum absolute atomic E-state index is 8.66. The molecule has 0 spiro atoms. The summed E-state index contributed by atoms with van der Waals surface area (Å²) < 4.78 is 0. The van der Waals surface area contributed by atoms with Crippen LogP contribution >= 0.6 is 0 Å². The van der Waals surface area contributed by atoms with Gasteiger partial charge in [0.05, 0.1) is 6.61 Å². The first-order valence-corrected chi connectivity index (χ1v) is 7.48. The summed E-state index contributed by atoms with van der Waals surface area (Å²) in [6.07, 6.45) is 0. The molecule has 0 heterocycles. The Hall–Kier alpha value is -0.237. The van der Waals surface area contributed by atoms with Gasteiger partial charge in [0.25, 0.3) is 0 Å². The van der Waals surface area contributed by atoms with Crippen LogP contribution in [0.1, 0.15) is 54.2 Å². The molecule has 22 heavy (non-hydrogen) atoms. The topological polar surface area (TPSA) is 32.3 Å². The third-order valence-corrected chi connectivity index (χ3v) is 4.43. The van der Waals surface area contributed by atoms with Crippen LogP contribution in [0.25, 0.3) is 0 Å². The van der Waals surface area contributed by atoms with E-state index in [9.17, 15) is 0 Å². The molecule has 0 aliphatic rings. The monoisotopic (exact) mass is 397 g/mol. The molecule has 1 aromatic rings. The first-order valence-electron chi connectivity index (χ1n) is 7.48. The number of rotatable bonds is 3. The zero-order valence-corrected chi connectivity index (χ0v) is 18.1. The normalized spacial score (nSPS) is 10.1. The number of aliphatic hydroxyl groups is 1. The molecule has 2 nitrogen and oxygen atoms in total. The minimum atomic E-state index is -0.102. The van der Waals surface area contributed by atoms with Gasteiger partial charge in [-0.1, -0.05) is 6.92 Å². The van der Waals surface area contributed by atoms with Gasteiger partial charge < -0.3 is 17.8 Å². The Balaban J connectivity index is -0.000000323. The molecule has 1 rings (SSSR count). The summed E-state index contributed by atoms with van der Waals surface area (Å²) in [5.41, 5.74) is 8.62. The average Bonchev–Trinajstić information content (AvgIpc) is 2.41. The van der Waals surface area contributed by atoms with Crippen LogP contribution in [0.15, 0.2) is 0 Å². The van der Waals surface area contributed by atoms with E-state index in [0.29, 0.717) is 0 Å². The minimum absolute atomic E-state index is 0. The van der Waals surface area contributed by atoms with Crippen LogP contribution in [-0.4, -0.2) is 23.8 Å². The van der Waals surface area contributed by atoms with Crippen LogP contribution in [0.2, 0.25) is 0 Å². The van der Waals surface area contributed by atoms with Crippen molar-refractivity contribution in [2.75, 3.05) is 13.2 Å². The molecule has 2 N–H and O–H groups in total. The summed E-state index contributed by atoms with van der Waals surface area (Å²) in [5.74, 6) is 0. The number of benzene rings is 1. The molecule has 0 fully saturated rings. The van der Waals surface area contributed by atoms with Crippen LogP contribution in [-0.2, 0) is 19.5 Å². The zero-order valence-electron chi connectivity index (χ0n) is 16.2. The van der Waals surface area contributed by atoms with Crippen LogP contribution in [0.5, 0.6) is 0 Å². The van der Waals surface area contributed by atoms with E-state index in [1.807, 2.05) is 20.8 Å². The van der Waals surface area contributed by atoms with Crippen molar-refractivity contribution in [3.63, 3.8) is 0 Å². The SMILES string of the molecule is CCNC(C)(C)CO.Cc1c(C)c(C)c(C)c(C)c1C.[CH3-].[RuH+2]. The fourth-order valence-corrected chi connectivity index (χ4v) is 2.22. The van der Waals surface area contributed by atoms with Gasteiger partial charge in [-0.15, -0.1) is 0 Å². The molecule has 0 saturated carbocycles. The molecule has 0 atom stereocenters. The standard InChI is InChI=1S/C12H18.C6H15NO.CH3.Ru.H/c1-7-8(2)10(4)12(6)11(5)9(7)3;1-4-7-6(2,3)5-8;;;/h1-6H3;7-8H,4-5H2,1-3H3;1H3;;/q;;-1;+2;. The first kappa shape index (κ1) is 26.7. The summed E-state index contributed by atoms with van der Waals surface area (Å²) in [5, 5.41) is 11.8. The van der Waals surface area contributed by atoms with Gasteiger partial charge >= 0.3 is 19.5 Å². The Labute approximate surface area is 151 Å². The molecule has 0 amide bonds. The number of hydrogen-bond donors (Lipinski definition) is 2. The van der Waals surface area contributed by atoms with Gasteiger partial charge in [-0.05, 0) is 95.3 Å². The molecule has 1 aromatic carbocycles. The molecule has 0 radical (unpaired) electrons. The van der Waals surface area contributed by atoms with E-state index < -0.39 is 0 Å². The van der Waals surface area contributed by atoms with E-state index in [0.717, 1.165) is 6.54 Å². The number of aliphatic hydroxyl groups excluding tert-OH is 1. The molecular weight excluding hydrogens is 359 g/mol. The molecule has 3 heteroatoms. The van der Waals surface area contributed by atoms with E-state index >= 15 is 0 Å². The molecule has 0 aliphatic carbocycles. The molecule has 131 valence electrons. The summed E-state index contributed by atoms with van der Waals surface area (Å²) in [6, 6.07) is 0. The Morgan fingerprint density at radius 3 is 1.09 bits per heavy atom. The van der Waals surface area contributed by atoms with Crippen molar-refractivity contribution >= 4 is 0 Å². The van der Waals surface area contributed by atoms with E-state index in [2.05, 4.69) is 46.9 Å². The molecule has 0 bridgehead atoms. The van der Waals surface area contributed by atoms with Crippen LogP contribution < -0.4 is 5.32 Å². The van der Waals surface area contributed by atoms with Gasteiger partial charge in [0.15, 0.2) is 0 Å². The van der Waals surface area contributed by atoms with Crippen molar-refractivity contribution in [1.29, 1.82) is 0 Å².